The Labute approximate surface area is 251 Å². The van der Waals surface area contributed by atoms with Gasteiger partial charge in [0, 0.05) is 27.7 Å². The minimum Gasteiger partial charge on any atom is -0.340 e. The van der Waals surface area contributed by atoms with Gasteiger partial charge in [-0.05, 0) is 58.7 Å². The summed E-state index contributed by atoms with van der Waals surface area (Å²) in [5.41, 5.74) is 10.4. The van der Waals surface area contributed by atoms with Crippen LogP contribution in [0.4, 0.5) is 0 Å². The van der Waals surface area contributed by atoms with Crippen molar-refractivity contribution in [1.82, 2.24) is 9.88 Å². The van der Waals surface area contributed by atoms with Crippen molar-refractivity contribution in [1.29, 1.82) is 0 Å². The average molecular weight is 552 g/mol. The summed E-state index contributed by atoms with van der Waals surface area (Å²) in [6, 6.07) is 55.7. The maximum atomic E-state index is 5.16. The molecule has 0 bridgehead atoms. The zero-order valence-electron chi connectivity index (χ0n) is 23.6. The number of amidine groups is 1. The number of benzene rings is 6. The van der Waals surface area contributed by atoms with Crippen LogP contribution in [0.5, 0.6) is 0 Å². The zero-order valence-corrected chi connectivity index (χ0v) is 23.6. The van der Waals surface area contributed by atoms with E-state index >= 15 is 0 Å². The molecular formula is C40H29N3. The lowest BCUT2D eigenvalue weighted by Gasteiger charge is -2.23. The summed E-state index contributed by atoms with van der Waals surface area (Å²) < 4.78 is 2.35. The van der Waals surface area contributed by atoms with Crippen molar-refractivity contribution in [3.8, 4) is 16.8 Å². The van der Waals surface area contributed by atoms with E-state index in [9.17, 15) is 0 Å². The fourth-order valence-corrected chi connectivity index (χ4v) is 6.14. The minimum atomic E-state index is -0.0678. The van der Waals surface area contributed by atoms with E-state index in [1.54, 1.807) is 0 Å². The van der Waals surface area contributed by atoms with Gasteiger partial charge in [-0.1, -0.05) is 127 Å². The van der Waals surface area contributed by atoms with E-state index in [1.165, 1.54) is 32.9 Å². The van der Waals surface area contributed by atoms with Crippen LogP contribution < -0.4 is 5.32 Å². The van der Waals surface area contributed by atoms with Gasteiger partial charge in [0.2, 0.25) is 0 Å². The molecule has 6 aromatic carbocycles. The average Bonchev–Trinajstić information content (AvgIpc) is 3.43. The van der Waals surface area contributed by atoms with E-state index in [1.807, 2.05) is 12.1 Å². The topological polar surface area (TPSA) is 29.3 Å². The van der Waals surface area contributed by atoms with Crippen LogP contribution >= 0.6 is 0 Å². The van der Waals surface area contributed by atoms with Gasteiger partial charge in [0.1, 0.15) is 5.84 Å². The number of fused-ring (bicyclic) bond motifs is 3. The van der Waals surface area contributed by atoms with Crippen LogP contribution in [-0.2, 0) is 0 Å². The molecule has 0 spiro atoms. The highest BCUT2D eigenvalue weighted by Crippen LogP contribution is 2.33. The number of rotatable bonds is 5. The Hall–Kier alpha value is -5.67. The Balaban J connectivity index is 1.16. The molecule has 1 aliphatic heterocycles. The standard InChI is InChI=1S/C40H29N3/c1-3-12-29(13-4-1)36-27-37(30-14-5-2-6-15-30)42-40(41-36)32-17-11-16-31(26-32)28-22-24-33(25-23-28)43-38-20-9-7-18-34(38)35-19-8-10-21-39(35)43/h1-27,36H,(H,41,42). The van der Waals surface area contributed by atoms with Crippen LogP contribution in [-0.4, -0.2) is 10.4 Å². The number of nitrogens with zero attached hydrogens (tertiary/aromatic N) is 2. The molecule has 0 fully saturated rings. The molecule has 3 nitrogen and oxygen atoms in total. The number of aromatic nitrogens is 1. The van der Waals surface area contributed by atoms with Crippen LogP contribution in [0.25, 0.3) is 44.3 Å². The molecule has 8 rings (SSSR count). The number of nitrogens with one attached hydrogen (secondary N) is 1. The van der Waals surface area contributed by atoms with Crippen LogP contribution in [0.1, 0.15) is 22.7 Å². The van der Waals surface area contributed by atoms with E-state index < -0.39 is 0 Å². The summed E-state index contributed by atoms with van der Waals surface area (Å²) in [4.78, 5) is 5.16. The lowest BCUT2D eigenvalue weighted by molar-refractivity contribution is 0.880. The first-order valence-corrected chi connectivity index (χ1v) is 14.7. The number of hydrogen-bond acceptors (Lipinski definition) is 2. The van der Waals surface area contributed by atoms with Crippen LogP contribution in [0.2, 0.25) is 0 Å². The Bertz CT molecular complexity index is 2080. The number of para-hydroxylation sites is 2. The molecule has 7 aromatic rings. The third-order valence-corrected chi connectivity index (χ3v) is 8.25. The van der Waals surface area contributed by atoms with Crippen LogP contribution in [0, 0.1) is 0 Å². The summed E-state index contributed by atoms with van der Waals surface area (Å²) >= 11 is 0. The van der Waals surface area contributed by atoms with Crippen molar-refractivity contribution < 1.29 is 0 Å². The third-order valence-electron chi connectivity index (χ3n) is 8.25. The molecule has 43 heavy (non-hydrogen) atoms. The van der Waals surface area contributed by atoms with Crippen molar-refractivity contribution in [2.24, 2.45) is 4.99 Å². The monoisotopic (exact) mass is 551 g/mol. The van der Waals surface area contributed by atoms with E-state index in [0.29, 0.717) is 0 Å². The molecule has 0 saturated carbocycles. The zero-order chi connectivity index (χ0) is 28.6. The lowest BCUT2D eigenvalue weighted by atomic mass is 9.99. The predicted octanol–water partition coefficient (Wildman–Crippen LogP) is 9.58. The van der Waals surface area contributed by atoms with Gasteiger partial charge < -0.3 is 9.88 Å². The van der Waals surface area contributed by atoms with Gasteiger partial charge in [-0.3, -0.25) is 4.99 Å². The van der Waals surface area contributed by atoms with Gasteiger partial charge in [-0.15, -0.1) is 0 Å². The highest BCUT2D eigenvalue weighted by Gasteiger charge is 2.19. The van der Waals surface area contributed by atoms with Crippen LogP contribution in [0.3, 0.4) is 0 Å². The van der Waals surface area contributed by atoms with Crippen molar-refractivity contribution in [3.05, 3.63) is 180 Å². The molecule has 0 amide bonds. The van der Waals surface area contributed by atoms with Gasteiger partial charge in [-0.25, -0.2) is 0 Å². The number of aliphatic imine (C=N–C) groups is 1. The third kappa shape index (κ3) is 4.61. The molecule has 1 aliphatic rings. The summed E-state index contributed by atoms with van der Waals surface area (Å²) in [7, 11) is 0. The second-order valence-corrected chi connectivity index (χ2v) is 10.9. The van der Waals surface area contributed by atoms with E-state index in [4.69, 9.17) is 4.99 Å². The van der Waals surface area contributed by atoms with Crippen molar-refractivity contribution in [2.45, 2.75) is 6.04 Å². The van der Waals surface area contributed by atoms with Gasteiger partial charge in [0.15, 0.2) is 0 Å². The Morgan fingerprint density at radius 2 is 1.07 bits per heavy atom. The van der Waals surface area contributed by atoms with Crippen molar-refractivity contribution in [3.63, 3.8) is 0 Å². The maximum absolute atomic E-state index is 5.16. The molecular weight excluding hydrogens is 522 g/mol. The van der Waals surface area contributed by atoms with E-state index in [0.717, 1.165) is 33.9 Å². The first-order chi connectivity index (χ1) is 21.3. The fraction of sp³-hybridized carbons (Fsp3) is 0.0250. The second-order valence-electron chi connectivity index (χ2n) is 10.9. The molecule has 1 N–H and O–H groups in total. The highest BCUT2D eigenvalue weighted by molar-refractivity contribution is 6.09. The smallest absolute Gasteiger partial charge is 0.133 e. The Morgan fingerprint density at radius 1 is 0.488 bits per heavy atom. The maximum Gasteiger partial charge on any atom is 0.133 e. The van der Waals surface area contributed by atoms with Crippen molar-refractivity contribution >= 4 is 33.3 Å². The number of hydrogen-bond donors (Lipinski definition) is 1. The van der Waals surface area contributed by atoms with Gasteiger partial charge in [-0.2, -0.15) is 0 Å². The predicted molar refractivity (Wildman–Crippen MR) is 179 cm³/mol. The highest BCUT2D eigenvalue weighted by atomic mass is 15.0. The SMILES string of the molecule is C1=C(c2ccccc2)NC(c2cccc(-c3ccc(-n4c5ccccc5c5ccccc54)cc3)c2)=NC1c1ccccc1. The Kier molecular flexibility index (Phi) is 6.20. The van der Waals surface area contributed by atoms with Crippen LogP contribution in [0.15, 0.2) is 169 Å². The summed E-state index contributed by atoms with van der Waals surface area (Å²) in [5, 5.41) is 6.18. The summed E-state index contributed by atoms with van der Waals surface area (Å²) in [6.45, 7) is 0. The van der Waals surface area contributed by atoms with Crippen molar-refractivity contribution in [2.75, 3.05) is 0 Å². The molecule has 0 aliphatic carbocycles. The fourth-order valence-electron chi connectivity index (χ4n) is 6.14. The van der Waals surface area contributed by atoms with E-state index in [2.05, 4.69) is 162 Å². The largest absolute Gasteiger partial charge is 0.340 e. The molecule has 1 atom stereocenters. The van der Waals surface area contributed by atoms with Gasteiger partial charge in [0.05, 0.1) is 17.1 Å². The lowest BCUT2D eigenvalue weighted by Crippen LogP contribution is -2.27. The second kappa shape index (κ2) is 10.6. The minimum absolute atomic E-state index is 0.0678. The first kappa shape index (κ1) is 25.1. The molecule has 3 heteroatoms. The molecule has 2 heterocycles. The molecule has 1 aromatic heterocycles. The molecule has 204 valence electrons. The first-order valence-electron chi connectivity index (χ1n) is 14.7. The molecule has 0 saturated heterocycles. The summed E-state index contributed by atoms with van der Waals surface area (Å²) in [5.74, 6) is 0.874. The quantitative estimate of drug-likeness (QED) is 0.227. The molecule has 0 radical (unpaired) electrons. The van der Waals surface area contributed by atoms with Gasteiger partial charge >= 0.3 is 0 Å². The van der Waals surface area contributed by atoms with Gasteiger partial charge in [0.25, 0.3) is 0 Å². The normalized spacial score (nSPS) is 14.7. The molecule has 1 unspecified atom stereocenters. The summed E-state index contributed by atoms with van der Waals surface area (Å²) in [6.07, 6.45) is 2.21. The Morgan fingerprint density at radius 3 is 1.77 bits per heavy atom. The van der Waals surface area contributed by atoms with E-state index in [-0.39, 0.29) is 6.04 Å².